The summed E-state index contributed by atoms with van der Waals surface area (Å²) in [5, 5.41) is 40.2. The second-order valence-corrected chi connectivity index (χ2v) is 6.14. The minimum atomic E-state index is -1.42. The summed E-state index contributed by atoms with van der Waals surface area (Å²) < 4.78 is 11.0. The van der Waals surface area contributed by atoms with Crippen LogP contribution in [0.4, 0.5) is 5.82 Å². The van der Waals surface area contributed by atoms with E-state index >= 15 is 0 Å². The lowest BCUT2D eigenvalue weighted by molar-refractivity contribution is -0.116. The largest absolute Gasteiger partial charge is 0.394 e. The van der Waals surface area contributed by atoms with Crippen molar-refractivity contribution in [1.29, 1.82) is 0 Å². The van der Waals surface area contributed by atoms with Gasteiger partial charge in [-0.15, -0.1) is 0 Å². The molecule has 26 heavy (non-hydrogen) atoms. The summed E-state index contributed by atoms with van der Waals surface area (Å²) in [5.74, 6) is -0.551. The van der Waals surface area contributed by atoms with Gasteiger partial charge in [-0.2, -0.15) is 4.98 Å². The van der Waals surface area contributed by atoms with E-state index in [4.69, 9.17) is 25.4 Å². The molecule has 0 radical (unpaired) electrons. The third kappa shape index (κ3) is 3.76. The smallest absolute Gasteiger partial charge is 0.351 e. The molecule has 1 aromatic rings. The standard InChI is InChI=1S/C14H20N4O8/c15-5(11-13(23)26-11)3-8(20)16-7-1-2-18(14(24)17-7)12-10(22)9(21)6(4-19)25-12/h1-2,5-6,9-13,19,21-23H,3-4,15H2,(H,16,17,20,24)/t5?,6-,9+,10?,11?,12-,13?/m1/s1. The van der Waals surface area contributed by atoms with Gasteiger partial charge in [0.05, 0.1) is 6.61 Å². The molecule has 3 heterocycles. The van der Waals surface area contributed by atoms with Crippen LogP contribution in [0.3, 0.4) is 0 Å². The molecule has 4 unspecified atom stereocenters. The van der Waals surface area contributed by atoms with E-state index in [1.165, 1.54) is 12.3 Å². The predicted octanol–water partition coefficient (Wildman–Crippen LogP) is -3.77. The fourth-order valence-corrected chi connectivity index (χ4v) is 2.74. The number of aromatic nitrogens is 2. The molecule has 7 N–H and O–H groups in total. The first-order valence-electron chi connectivity index (χ1n) is 7.92. The van der Waals surface area contributed by atoms with Crippen LogP contribution in [0.1, 0.15) is 12.6 Å². The minimum absolute atomic E-state index is 0.0348. The van der Waals surface area contributed by atoms with Gasteiger partial charge in [0.1, 0.15) is 30.2 Å². The average molecular weight is 372 g/mol. The SMILES string of the molecule is NC(CC(=O)Nc1ccn([C@@H]2O[C@H](CO)[C@H](O)C2O)c(=O)n1)C1OC1O. The number of hydrogen-bond donors (Lipinski definition) is 6. The number of aliphatic hydroxyl groups excluding tert-OH is 4. The lowest BCUT2D eigenvalue weighted by Gasteiger charge is -2.17. The van der Waals surface area contributed by atoms with Crippen LogP contribution in [0.15, 0.2) is 17.1 Å². The summed E-state index contributed by atoms with van der Waals surface area (Å²) in [7, 11) is 0. The number of rotatable bonds is 6. The Morgan fingerprint density at radius 3 is 2.58 bits per heavy atom. The Morgan fingerprint density at radius 2 is 2.04 bits per heavy atom. The maximum Gasteiger partial charge on any atom is 0.351 e. The van der Waals surface area contributed by atoms with E-state index in [1.54, 1.807) is 0 Å². The van der Waals surface area contributed by atoms with Crippen molar-refractivity contribution in [2.45, 2.75) is 49.4 Å². The second kappa shape index (κ2) is 7.36. The number of hydrogen-bond acceptors (Lipinski definition) is 10. The molecule has 0 bridgehead atoms. The van der Waals surface area contributed by atoms with Gasteiger partial charge in [0.2, 0.25) is 5.91 Å². The van der Waals surface area contributed by atoms with E-state index in [2.05, 4.69) is 10.3 Å². The number of nitrogens with zero attached hydrogens (tertiary/aromatic N) is 2. The number of carbonyl (C=O) groups excluding carboxylic acids is 1. The van der Waals surface area contributed by atoms with E-state index in [9.17, 15) is 19.8 Å². The van der Waals surface area contributed by atoms with Crippen molar-refractivity contribution in [1.82, 2.24) is 9.55 Å². The number of amides is 1. The first-order valence-corrected chi connectivity index (χ1v) is 7.92. The highest BCUT2D eigenvalue weighted by Gasteiger charge is 2.44. The topological polar surface area (TPSA) is 193 Å². The molecule has 2 fully saturated rings. The van der Waals surface area contributed by atoms with Gasteiger partial charge in [-0.3, -0.25) is 9.36 Å². The summed E-state index contributed by atoms with van der Waals surface area (Å²) in [6.45, 7) is -0.523. The molecule has 7 atom stereocenters. The highest BCUT2D eigenvalue weighted by Crippen LogP contribution is 2.28. The molecule has 2 aliphatic rings. The summed E-state index contributed by atoms with van der Waals surface area (Å²) >= 11 is 0. The van der Waals surface area contributed by atoms with Crippen molar-refractivity contribution < 1.29 is 34.7 Å². The number of anilines is 1. The monoisotopic (exact) mass is 372 g/mol. The van der Waals surface area contributed by atoms with Crippen molar-refractivity contribution >= 4 is 11.7 Å². The molecular formula is C14H20N4O8. The number of nitrogens with two attached hydrogens (primary N) is 1. The van der Waals surface area contributed by atoms with E-state index in [0.717, 1.165) is 4.57 Å². The van der Waals surface area contributed by atoms with Gasteiger partial charge >= 0.3 is 5.69 Å². The quantitative estimate of drug-likeness (QED) is 0.270. The van der Waals surface area contributed by atoms with Crippen LogP contribution in [0.2, 0.25) is 0 Å². The van der Waals surface area contributed by atoms with Gasteiger partial charge in [0.25, 0.3) is 0 Å². The molecule has 0 aliphatic carbocycles. The third-order valence-corrected chi connectivity index (χ3v) is 4.23. The number of carbonyl (C=O) groups is 1. The zero-order valence-electron chi connectivity index (χ0n) is 13.5. The van der Waals surface area contributed by atoms with Crippen LogP contribution in [0.25, 0.3) is 0 Å². The van der Waals surface area contributed by atoms with E-state index in [-0.39, 0.29) is 12.2 Å². The zero-order valence-corrected chi connectivity index (χ0v) is 13.5. The Labute approximate surface area is 146 Å². The van der Waals surface area contributed by atoms with Crippen molar-refractivity contribution in [2.24, 2.45) is 5.73 Å². The predicted molar refractivity (Wildman–Crippen MR) is 83.6 cm³/mol. The van der Waals surface area contributed by atoms with E-state index in [1.807, 2.05) is 0 Å². The van der Waals surface area contributed by atoms with Gasteiger partial charge in [0, 0.05) is 18.7 Å². The van der Waals surface area contributed by atoms with Crippen LogP contribution < -0.4 is 16.7 Å². The molecule has 0 aromatic carbocycles. The van der Waals surface area contributed by atoms with Crippen molar-refractivity contribution in [3.05, 3.63) is 22.7 Å². The van der Waals surface area contributed by atoms with Crippen LogP contribution >= 0.6 is 0 Å². The van der Waals surface area contributed by atoms with Crippen molar-refractivity contribution in [3.63, 3.8) is 0 Å². The van der Waals surface area contributed by atoms with Gasteiger partial charge in [-0.1, -0.05) is 0 Å². The second-order valence-electron chi connectivity index (χ2n) is 6.14. The van der Waals surface area contributed by atoms with E-state index < -0.39 is 61.2 Å². The van der Waals surface area contributed by atoms with Crippen molar-refractivity contribution in [3.8, 4) is 0 Å². The Kier molecular flexibility index (Phi) is 5.34. The highest BCUT2D eigenvalue weighted by atomic mass is 16.7. The first kappa shape index (κ1) is 18.8. The van der Waals surface area contributed by atoms with Gasteiger partial charge in [-0.25, -0.2) is 4.79 Å². The number of nitrogens with one attached hydrogen (secondary N) is 1. The molecule has 2 aliphatic heterocycles. The summed E-state index contributed by atoms with van der Waals surface area (Å²) in [4.78, 5) is 27.7. The molecule has 1 aromatic heterocycles. The number of epoxide rings is 1. The Hall–Kier alpha value is -1.93. The number of ether oxygens (including phenoxy) is 2. The summed E-state index contributed by atoms with van der Waals surface area (Å²) in [5.41, 5.74) is 4.86. The zero-order chi connectivity index (χ0) is 19.0. The molecule has 1 amide bonds. The summed E-state index contributed by atoms with van der Waals surface area (Å²) in [6, 6.07) is 0.617. The molecular weight excluding hydrogens is 352 g/mol. The maximum absolute atomic E-state index is 12.1. The van der Waals surface area contributed by atoms with Crippen LogP contribution in [0.5, 0.6) is 0 Å². The van der Waals surface area contributed by atoms with Gasteiger partial charge in [0.15, 0.2) is 12.5 Å². The lowest BCUT2D eigenvalue weighted by Crippen LogP contribution is -2.36. The Balaban J connectivity index is 1.64. The highest BCUT2D eigenvalue weighted by molar-refractivity contribution is 5.90. The van der Waals surface area contributed by atoms with Crippen LogP contribution in [0, 0.1) is 0 Å². The normalized spacial score (nSPS) is 34.5. The van der Waals surface area contributed by atoms with Gasteiger partial charge < -0.3 is 41.0 Å². The third-order valence-electron chi connectivity index (χ3n) is 4.23. The fraction of sp³-hybridized carbons (Fsp3) is 0.643. The van der Waals surface area contributed by atoms with Crippen molar-refractivity contribution in [2.75, 3.05) is 11.9 Å². The maximum atomic E-state index is 12.1. The Bertz CT molecular complexity index is 727. The van der Waals surface area contributed by atoms with Crippen LogP contribution in [-0.2, 0) is 14.3 Å². The summed E-state index contributed by atoms with van der Waals surface area (Å²) in [6.07, 6.45) is -5.46. The molecule has 0 saturated carbocycles. The molecule has 144 valence electrons. The average Bonchev–Trinajstić information content (AvgIpc) is 3.25. The van der Waals surface area contributed by atoms with Gasteiger partial charge in [-0.05, 0) is 6.07 Å². The lowest BCUT2D eigenvalue weighted by atomic mass is 10.1. The molecule has 12 heteroatoms. The van der Waals surface area contributed by atoms with Crippen LogP contribution in [-0.4, -0.2) is 79.2 Å². The first-order chi connectivity index (χ1) is 12.3. The minimum Gasteiger partial charge on any atom is -0.394 e. The Morgan fingerprint density at radius 1 is 1.35 bits per heavy atom. The number of aliphatic hydroxyl groups is 4. The molecule has 12 nitrogen and oxygen atoms in total. The molecule has 3 rings (SSSR count). The van der Waals surface area contributed by atoms with E-state index in [0.29, 0.717) is 0 Å². The fourth-order valence-electron chi connectivity index (χ4n) is 2.74. The molecule has 2 saturated heterocycles. The molecule has 0 spiro atoms.